The lowest BCUT2D eigenvalue weighted by Crippen LogP contribution is -2.42. The van der Waals surface area contributed by atoms with E-state index in [-0.39, 0.29) is 23.7 Å². The summed E-state index contributed by atoms with van der Waals surface area (Å²) >= 11 is 0. The van der Waals surface area contributed by atoms with Crippen LogP contribution in [0.4, 0.5) is 0 Å². The van der Waals surface area contributed by atoms with Crippen molar-refractivity contribution in [2.45, 2.75) is 71.7 Å². The van der Waals surface area contributed by atoms with Crippen LogP contribution < -0.4 is 0 Å². The van der Waals surface area contributed by atoms with Gasteiger partial charge < -0.3 is 9.16 Å². The van der Waals surface area contributed by atoms with Crippen LogP contribution >= 0.6 is 0 Å². The zero-order chi connectivity index (χ0) is 13.7. The van der Waals surface area contributed by atoms with Gasteiger partial charge in [-0.1, -0.05) is 34.6 Å². The van der Waals surface area contributed by atoms with Gasteiger partial charge in [-0.15, -0.1) is 0 Å². The minimum absolute atomic E-state index is 0.0329. The van der Waals surface area contributed by atoms with Crippen LogP contribution in [0.1, 0.15) is 47.5 Å². The largest absolute Gasteiger partial charge is 0.461 e. The molecule has 3 nitrogen and oxygen atoms in total. The van der Waals surface area contributed by atoms with E-state index in [1.807, 2.05) is 13.8 Å². The molecule has 0 aromatic carbocycles. The zero-order valence-electron chi connectivity index (χ0n) is 12.4. The van der Waals surface area contributed by atoms with Gasteiger partial charge in [-0.25, -0.2) is 4.79 Å². The predicted molar refractivity (Wildman–Crippen MR) is 73.6 cm³/mol. The molecule has 0 aromatic rings. The lowest BCUT2D eigenvalue weighted by Gasteiger charge is -2.35. The molecule has 0 fully saturated rings. The van der Waals surface area contributed by atoms with Crippen LogP contribution in [0.2, 0.25) is 18.1 Å². The number of hydrogen-bond acceptors (Lipinski definition) is 3. The van der Waals surface area contributed by atoms with Gasteiger partial charge in [0.2, 0.25) is 0 Å². The predicted octanol–water partition coefficient (Wildman–Crippen LogP) is 3.74. The highest BCUT2D eigenvalue weighted by molar-refractivity contribution is 6.74. The van der Waals surface area contributed by atoms with Crippen molar-refractivity contribution >= 4 is 14.3 Å². The Kier molecular flexibility index (Phi) is 6.41. The second kappa shape index (κ2) is 6.54. The molecule has 17 heavy (non-hydrogen) atoms. The van der Waals surface area contributed by atoms with Crippen molar-refractivity contribution in [1.29, 1.82) is 0 Å². The zero-order valence-corrected chi connectivity index (χ0v) is 13.4. The number of carbonyl (C=O) groups is 1. The average Bonchev–Trinajstić information content (AvgIpc) is 2.21. The third-order valence-corrected chi connectivity index (χ3v) is 8.04. The van der Waals surface area contributed by atoms with Crippen molar-refractivity contribution in [2.75, 3.05) is 6.61 Å². The molecule has 0 atom stereocenters. The van der Waals surface area contributed by atoms with Gasteiger partial charge in [-0.3, -0.25) is 0 Å². The first-order valence-electron chi connectivity index (χ1n) is 6.47. The molecular formula is C13H28O3Si. The quantitative estimate of drug-likeness (QED) is 0.539. The summed E-state index contributed by atoms with van der Waals surface area (Å²) in [5.74, 6) is -0.233. The molecule has 102 valence electrons. The third-order valence-electron chi connectivity index (χ3n) is 3.57. The molecule has 0 aromatic heterocycles. The third kappa shape index (κ3) is 5.68. The molecule has 0 heterocycles. The van der Waals surface area contributed by atoms with Crippen molar-refractivity contribution < 1.29 is 14.0 Å². The van der Waals surface area contributed by atoms with Crippen molar-refractivity contribution in [3.05, 3.63) is 0 Å². The molecule has 0 radical (unpaired) electrons. The lowest BCUT2D eigenvalue weighted by atomic mass is 10.2. The van der Waals surface area contributed by atoms with Gasteiger partial charge in [-0.05, 0) is 31.0 Å². The number of esters is 1. The van der Waals surface area contributed by atoms with Crippen molar-refractivity contribution in [3.63, 3.8) is 0 Å². The van der Waals surface area contributed by atoms with Crippen LogP contribution in [0, 0.1) is 0 Å². The van der Waals surface area contributed by atoms with E-state index in [4.69, 9.17) is 9.16 Å². The van der Waals surface area contributed by atoms with Crippen molar-refractivity contribution in [2.24, 2.45) is 0 Å². The van der Waals surface area contributed by atoms with E-state index in [1.165, 1.54) is 0 Å². The maximum Gasteiger partial charge on any atom is 0.331 e. The van der Waals surface area contributed by atoms with E-state index in [9.17, 15) is 4.79 Å². The molecule has 0 amide bonds. The molecule has 0 N–H and O–H groups in total. The van der Waals surface area contributed by atoms with Crippen LogP contribution in [0.25, 0.3) is 0 Å². The highest BCUT2D eigenvalue weighted by atomic mass is 28.4. The van der Waals surface area contributed by atoms with E-state index >= 15 is 0 Å². The number of hydrogen-bond donors (Lipinski definition) is 0. The Bertz CT molecular complexity index is 240. The normalized spacial score (nSPS) is 12.9. The summed E-state index contributed by atoms with van der Waals surface area (Å²) < 4.78 is 11.1. The highest BCUT2D eigenvalue weighted by Gasteiger charge is 2.37. The van der Waals surface area contributed by atoms with Gasteiger partial charge in [0.05, 0.1) is 0 Å². The minimum Gasteiger partial charge on any atom is -0.461 e. The summed E-state index contributed by atoms with van der Waals surface area (Å²) in [4.78, 5) is 11.6. The van der Waals surface area contributed by atoms with Gasteiger partial charge in [0.25, 0.3) is 0 Å². The second-order valence-corrected chi connectivity index (χ2v) is 10.8. The summed E-state index contributed by atoms with van der Waals surface area (Å²) in [6.45, 7) is 14.9. The fourth-order valence-corrected chi connectivity index (χ4v) is 2.04. The summed E-state index contributed by atoms with van der Waals surface area (Å²) in [6, 6.07) is 0. The number of rotatable bonds is 6. The van der Waals surface area contributed by atoms with Gasteiger partial charge in [0.1, 0.15) is 12.7 Å². The molecule has 0 bridgehead atoms. The Morgan fingerprint density at radius 2 is 1.65 bits per heavy atom. The standard InChI is InChI=1S/C13H28O3Si/c1-8-11(9-2)16-12(14)10-15-17(6,7)13(3,4)5/h11H,8-10H2,1-7H3. The average molecular weight is 260 g/mol. The van der Waals surface area contributed by atoms with Crippen LogP contribution in [-0.2, 0) is 14.0 Å². The fourth-order valence-electron chi connectivity index (χ4n) is 1.13. The first-order chi connectivity index (χ1) is 7.64. The van der Waals surface area contributed by atoms with E-state index in [1.54, 1.807) is 0 Å². The molecule has 0 saturated carbocycles. The Balaban J connectivity index is 4.17. The Morgan fingerprint density at radius 1 is 1.18 bits per heavy atom. The molecule has 0 saturated heterocycles. The highest BCUT2D eigenvalue weighted by Crippen LogP contribution is 2.36. The number of carbonyl (C=O) groups excluding carboxylic acids is 1. The molecule has 0 spiro atoms. The second-order valence-electron chi connectivity index (χ2n) is 5.98. The van der Waals surface area contributed by atoms with Crippen LogP contribution in [0.15, 0.2) is 0 Å². The maximum absolute atomic E-state index is 11.6. The molecule has 0 aliphatic carbocycles. The van der Waals surface area contributed by atoms with Crippen LogP contribution in [0.5, 0.6) is 0 Å². The monoisotopic (exact) mass is 260 g/mol. The summed E-state index contributed by atoms with van der Waals surface area (Å²) in [7, 11) is -1.84. The molecule has 0 aliphatic heterocycles. The fraction of sp³-hybridized carbons (Fsp3) is 0.923. The van der Waals surface area contributed by atoms with Gasteiger partial charge in [0, 0.05) is 0 Å². The lowest BCUT2D eigenvalue weighted by molar-refractivity contribution is -0.152. The summed E-state index contributed by atoms with van der Waals surface area (Å²) in [6.07, 6.45) is 1.76. The SMILES string of the molecule is CCC(CC)OC(=O)CO[Si](C)(C)C(C)(C)C. The van der Waals surface area contributed by atoms with Gasteiger partial charge in [-0.2, -0.15) is 0 Å². The molecule has 4 heteroatoms. The van der Waals surface area contributed by atoms with Gasteiger partial charge >= 0.3 is 5.97 Å². The molecule has 0 unspecified atom stereocenters. The van der Waals surface area contributed by atoms with Crippen LogP contribution in [-0.4, -0.2) is 27.0 Å². The number of ether oxygens (including phenoxy) is 1. The van der Waals surface area contributed by atoms with E-state index < -0.39 is 8.32 Å². The van der Waals surface area contributed by atoms with E-state index in [2.05, 4.69) is 33.9 Å². The first kappa shape index (κ1) is 16.6. The minimum atomic E-state index is -1.84. The van der Waals surface area contributed by atoms with E-state index in [0.717, 1.165) is 12.8 Å². The summed E-state index contributed by atoms with van der Waals surface area (Å²) in [5, 5.41) is 0.127. The van der Waals surface area contributed by atoms with Crippen molar-refractivity contribution in [1.82, 2.24) is 0 Å². The maximum atomic E-state index is 11.6. The van der Waals surface area contributed by atoms with Crippen molar-refractivity contribution in [3.8, 4) is 0 Å². The Hall–Kier alpha value is -0.353. The van der Waals surface area contributed by atoms with Crippen LogP contribution in [0.3, 0.4) is 0 Å². The molecular weight excluding hydrogens is 232 g/mol. The first-order valence-corrected chi connectivity index (χ1v) is 9.38. The Morgan fingerprint density at radius 3 is 2.00 bits per heavy atom. The topological polar surface area (TPSA) is 35.5 Å². The van der Waals surface area contributed by atoms with Gasteiger partial charge in [0.15, 0.2) is 8.32 Å². The Labute approximate surface area is 107 Å². The smallest absolute Gasteiger partial charge is 0.331 e. The molecule has 0 aliphatic rings. The summed E-state index contributed by atoms with van der Waals surface area (Å²) in [5.41, 5.74) is 0. The van der Waals surface area contributed by atoms with E-state index in [0.29, 0.717) is 0 Å². The molecule has 0 rings (SSSR count).